The van der Waals surface area contributed by atoms with E-state index in [0.717, 1.165) is 20.4 Å². The zero-order valence-corrected chi connectivity index (χ0v) is 13.6. The Bertz CT molecular complexity index is 894. The van der Waals surface area contributed by atoms with Crippen molar-refractivity contribution in [3.63, 3.8) is 0 Å². The number of aromatic nitrogens is 3. The van der Waals surface area contributed by atoms with Crippen molar-refractivity contribution < 1.29 is 13.2 Å². The van der Waals surface area contributed by atoms with Gasteiger partial charge >= 0.3 is 6.18 Å². The van der Waals surface area contributed by atoms with E-state index in [9.17, 15) is 13.2 Å². The first-order valence-corrected chi connectivity index (χ1v) is 7.63. The molecule has 0 spiro atoms. The van der Waals surface area contributed by atoms with Gasteiger partial charge in [0.05, 0.1) is 0 Å². The van der Waals surface area contributed by atoms with Gasteiger partial charge in [-0.25, -0.2) is 4.68 Å². The number of hydrogen-bond donors (Lipinski definition) is 0. The molecule has 0 fully saturated rings. The lowest BCUT2D eigenvalue weighted by atomic mass is 10.0. The van der Waals surface area contributed by atoms with Crippen LogP contribution in [-0.2, 0) is 19.6 Å². The Morgan fingerprint density at radius 1 is 0.958 bits per heavy atom. The number of nitrogens with zero attached hydrogens (tertiary/aromatic N) is 3. The molecule has 1 aromatic heterocycles. The zero-order valence-electron chi connectivity index (χ0n) is 12.8. The summed E-state index contributed by atoms with van der Waals surface area (Å²) < 4.78 is 41.4. The van der Waals surface area contributed by atoms with Gasteiger partial charge in [-0.15, -0.1) is 5.10 Å². The molecule has 0 saturated heterocycles. The molecule has 0 N–H and O–H groups in total. The number of halogens is 3. The highest BCUT2D eigenvalue weighted by Crippen LogP contribution is 2.30. The first-order chi connectivity index (χ1) is 11.4. The highest BCUT2D eigenvalue weighted by molar-refractivity contribution is 7.71. The second-order valence-electron chi connectivity index (χ2n) is 5.39. The Hall–Kier alpha value is -2.41. The fraction of sp³-hybridized carbons (Fsp3) is 0.176. The van der Waals surface area contributed by atoms with E-state index in [0.29, 0.717) is 12.1 Å². The molecule has 7 heteroatoms. The van der Waals surface area contributed by atoms with Crippen molar-refractivity contribution in [1.82, 2.24) is 14.3 Å². The molecule has 3 aromatic rings. The second-order valence-corrected chi connectivity index (χ2v) is 5.76. The molecule has 0 aliphatic heterocycles. The van der Waals surface area contributed by atoms with E-state index < -0.39 is 12.0 Å². The summed E-state index contributed by atoms with van der Waals surface area (Å²) in [7, 11) is 1.40. The minimum Gasteiger partial charge on any atom is -0.264 e. The molecule has 3 nitrogen and oxygen atoms in total. The topological polar surface area (TPSA) is 22.8 Å². The lowest BCUT2D eigenvalue weighted by Gasteiger charge is -2.10. The van der Waals surface area contributed by atoms with Crippen LogP contribution in [0, 0.1) is 4.77 Å². The maximum Gasteiger partial charge on any atom is 0.452 e. The summed E-state index contributed by atoms with van der Waals surface area (Å²) in [4.78, 5) is 0. The van der Waals surface area contributed by atoms with E-state index in [-0.39, 0.29) is 4.77 Å². The van der Waals surface area contributed by atoms with Crippen LogP contribution < -0.4 is 0 Å². The third-order valence-electron chi connectivity index (χ3n) is 3.62. The molecule has 0 unspecified atom stereocenters. The Kier molecular flexibility index (Phi) is 4.28. The van der Waals surface area contributed by atoms with Crippen LogP contribution in [0.5, 0.6) is 0 Å². The molecular weight excluding hydrogens is 335 g/mol. The number of benzene rings is 2. The van der Waals surface area contributed by atoms with Crippen molar-refractivity contribution in [1.29, 1.82) is 0 Å². The van der Waals surface area contributed by atoms with E-state index in [1.54, 1.807) is 24.3 Å². The quantitative estimate of drug-likeness (QED) is 0.648. The van der Waals surface area contributed by atoms with Crippen molar-refractivity contribution in [2.45, 2.75) is 12.6 Å². The molecule has 124 valence electrons. The molecule has 0 amide bonds. The van der Waals surface area contributed by atoms with Gasteiger partial charge in [-0.05, 0) is 41.9 Å². The van der Waals surface area contributed by atoms with Crippen LogP contribution in [0.1, 0.15) is 17.0 Å². The monoisotopic (exact) mass is 349 g/mol. The molecule has 0 aliphatic rings. The van der Waals surface area contributed by atoms with E-state index >= 15 is 0 Å². The Labute approximate surface area is 142 Å². The standard InChI is InChI=1S/C17H14F3N3S/c1-22-16(24)23(15(21-22)17(18,19)20)14-9-7-13(8-10-14)11-12-5-3-2-4-6-12/h2-10H,11H2,1H3. The van der Waals surface area contributed by atoms with Gasteiger partial charge in [-0.2, -0.15) is 13.2 Å². The third kappa shape index (κ3) is 3.26. The molecule has 0 aliphatic carbocycles. The maximum absolute atomic E-state index is 13.2. The predicted molar refractivity (Wildman–Crippen MR) is 87.6 cm³/mol. The van der Waals surface area contributed by atoms with Crippen LogP contribution in [0.2, 0.25) is 0 Å². The van der Waals surface area contributed by atoms with Gasteiger partial charge < -0.3 is 0 Å². The van der Waals surface area contributed by atoms with Crippen LogP contribution in [-0.4, -0.2) is 14.3 Å². The third-order valence-corrected chi connectivity index (χ3v) is 4.07. The van der Waals surface area contributed by atoms with E-state index in [1.165, 1.54) is 7.05 Å². The average molecular weight is 349 g/mol. The first kappa shape index (κ1) is 16.4. The van der Waals surface area contributed by atoms with E-state index in [4.69, 9.17) is 12.2 Å². The summed E-state index contributed by atoms with van der Waals surface area (Å²) in [5.41, 5.74) is 2.49. The highest BCUT2D eigenvalue weighted by atomic mass is 32.1. The van der Waals surface area contributed by atoms with Crippen LogP contribution in [0.25, 0.3) is 5.69 Å². The molecule has 0 atom stereocenters. The smallest absolute Gasteiger partial charge is 0.264 e. The highest BCUT2D eigenvalue weighted by Gasteiger charge is 2.38. The van der Waals surface area contributed by atoms with Crippen LogP contribution >= 0.6 is 12.2 Å². The normalized spacial score (nSPS) is 11.7. The van der Waals surface area contributed by atoms with E-state index in [1.807, 2.05) is 30.3 Å². The van der Waals surface area contributed by atoms with Gasteiger partial charge in [-0.1, -0.05) is 42.5 Å². The number of rotatable bonds is 3. The summed E-state index contributed by atoms with van der Waals surface area (Å²) >= 11 is 5.07. The van der Waals surface area contributed by atoms with Crippen LogP contribution in [0.4, 0.5) is 13.2 Å². The molecule has 3 rings (SSSR count). The van der Waals surface area contributed by atoms with Crippen molar-refractivity contribution in [3.05, 3.63) is 76.3 Å². The van der Waals surface area contributed by atoms with Gasteiger partial charge in [0.25, 0.3) is 0 Å². The van der Waals surface area contributed by atoms with Gasteiger partial charge in [0.1, 0.15) is 0 Å². The van der Waals surface area contributed by atoms with Crippen LogP contribution in [0.15, 0.2) is 54.6 Å². The largest absolute Gasteiger partial charge is 0.452 e. The summed E-state index contributed by atoms with van der Waals surface area (Å²) in [5, 5.41) is 3.50. The fourth-order valence-corrected chi connectivity index (χ4v) is 2.71. The lowest BCUT2D eigenvalue weighted by molar-refractivity contribution is -0.146. The molecule has 24 heavy (non-hydrogen) atoms. The number of aryl methyl sites for hydroxylation is 1. The summed E-state index contributed by atoms with van der Waals surface area (Å²) in [6, 6.07) is 16.7. The van der Waals surface area contributed by atoms with Crippen molar-refractivity contribution in [2.75, 3.05) is 0 Å². The molecule has 0 saturated carbocycles. The predicted octanol–water partition coefficient (Wildman–Crippen LogP) is 4.55. The van der Waals surface area contributed by atoms with Crippen molar-refractivity contribution in [3.8, 4) is 5.69 Å². The Morgan fingerprint density at radius 3 is 2.12 bits per heavy atom. The lowest BCUT2D eigenvalue weighted by Crippen LogP contribution is -2.14. The molecule has 0 radical (unpaired) electrons. The fourth-order valence-electron chi connectivity index (χ4n) is 2.48. The summed E-state index contributed by atoms with van der Waals surface area (Å²) in [6.45, 7) is 0. The second kappa shape index (κ2) is 6.24. The summed E-state index contributed by atoms with van der Waals surface area (Å²) in [6.07, 6.45) is -3.86. The first-order valence-electron chi connectivity index (χ1n) is 7.23. The summed E-state index contributed by atoms with van der Waals surface area (Å²) in [5.74, 6) is -1.02. The van der Waals surface area contributed by atoms with Crippen LogP contribution in [0.3, 0.4) is 0 Å². The molecular formula is C17H14F3N3S. The van der Waals surface area contributed by atoms with Gasteiger partial charge in [0.2, 0.25) is 10.6 Å². The van der Waals surface area contributed by atoms with E-state index in [2.05, 4.69) is 5.10 Å². The Balaban J connectivity index is 1.96. The Morgan fingerprint density at radius 2 is 1.54 bits per heavy atom. The minimum atomic E-state index is -4.57. The zero-order chi connectivity index (χ0) is 17.3. The average Bonchev–Trinajstić information content (AvgIpc) is 2.85. The molecule has 2 aromatic carbocycles. The van der Waals surface area contributed by atoms with Gasteiger partial charge in [0, 0.05) is 12.7 Å². The SMILES string of the molecule is Cn1nc(C(F)(F)F)n(-c2ccc(Cc3ccccc3)cc2)c1=S. The molecule has 0 bridgehead atoms. The van der Waals surface area contributed by atoms with Gasteiger partial charge in [0.15, 0.2) is 0 Å². The maximum atomic E-state index is 13.2. The van der Waals surface area contributed by atoms with Crippen molar-refractivity contribution in [2.24, 2.45) is 7.05 Å². The minimum absolute atomic E-state index is 0.00173. The number of hydrogen-bond acceptors (Lipinski definition) is 2. The number of alkyl halides is 3. The molecule has 1 heterocycles. The van der Waals surface area contributed by atoms with Crippen molar-refractivity contribution >= 4 is 12.2 Å². The van der Waals surface area contributed by atoms with Gasteiger partial charge in [-0.3, -0.25) is 4.57 Å².